The molecule has 0 radical (unpaired) electrons. The summed E-state index contributed by atoms with van der Waals surface area (Å²) >= 11 is 0. The van der Waals surface area contributed by atoms with Crippen LogP contribution in [0.3, 0.4) is 0 Å². The van der Waals surface area contributed by atoms with Gasteiger partial charge >= 0.3 is 0 Å². The highest BCUT2D eigenvalue weighted by molar-refractivity contribution is 6.24. The summed E-state index contributed by atoms with van der Waals surface area (Å²) in [5.74, 6) is 0. The second-order valence-corrected chi connectivity index (χ2v) is 14.5. The molecule has 262 valence electrons. The van der Waals surface area contributed by atoms with Gasteiger partial charge in [0.25, 0.3) is 0 Å². The maximum atomic E-state index is 2.48. The number of rotatable bonds is 6. The Morgan fingerprint density at radius 1 is 0.321 bits per heavy atom. The van der Waals surface area contributed by atoms with Gasteiger partial charge in [-0.25, -0.2) is 0 Å². The molecule has 0 aliphatic rings. The van der Waals surface area contributed by atoms with E-state index in [1.807, 2.05) is 0 Å². The van der Waals surface area contributed by atoms with Crippen molar-refractivity contribution < 1.29 is 0 Å². The highest BCUT2D eigenvalue weighted by Crippen LogP contribution is 2.47. The first-order valence-corrected chi connectivity index (χ1v) is 19.3. The van der Waals surface area contributed by atoms with E-state index < -0.39 is 0 Å². The molecule has 10 aromatic carbocycles. The Balaban J connectivity index is 1.16. The van der Waals surface area contributed by atoms with Gasteiger partial charge in [0.05, 0.1) is 28.1 Å². The lowest BCUT2D eigenvalue weighted by Gasteiger charge is -2.30. The molecule has 0 aliphatic heterocycles. The number of fused-ring (bicyclic) bond motifs is 8. The van der Waals surface area contributed by atoms with E-state index in [-0.39, 0.29) is 0 Å². The zero-order valence-electron chi connectivity index (χ0n) is 30.7. The number of aromatic nitrogens is 1. The molecular weight excluding hydrogens is 677 g/mol. The number of hydrogen-bond donors (Lipinski definition) is 0. The van der Waals surface area contributed by atoms with Gasteiger partial charge in [-0.15, -0.1) is 0 Å². The Morgan fingerprint density at radius 3 is 1.62 bits per heavy atom. The molecule has 56 heavy (non-hydrogen) atoms. The van der Waals surface area contributed by atoms with Crippen molar-refractivity contribution in [2.24, 2.45) is 0 Å². The lowest BCUT2D eigenvalue weighted by atomic mass is 9.93. The number of nitrogens with zero attached hydrogens (tertiary/aromatic N) is 2. The third-order valence-corrected chi connectivity index (χ3v) is 11.4. The quantitative estimate of drug-likeness (QED) is 0.156. The molecule has 11 aromatic rings. The third-order valence-electron chi connectivity index (χ3n) is 11.4. The van der Waals surface area contributed by atoms with Gasteiger partial charge in [-0.2, -0.15) is 0 Å². The van der Waals surface area contributed by atoms with Crippen LogP contribution < -0.4 is 4.90 Å². The molecule has 0 N–H and O–H groups in total. The minimum atomic E-state index is 1.09. The van der Waals surface area contributed by atoms with Crippen molar-refractivity contribution in [2.45, 2.75) is 0 Å². The van der Waals surface area contributed by atoms with Crippen LogP contribution in [0.15, 0.2) is 218 Å². The first kappa shape index (κ1) is 32.0. The van der Waals surface area contributed by atoms with Gasteiger partial charge in [0.15, 0.2) is 0 Å². The number of para-hydroxylation sites is 4. The van der Waals surface area contributed by atoms with Crippen LogP contribution in [-0.4, -0.2) is 4.57 Å². The van der Waals surface area contributed by atoms with E-state index in [0.717, 1.165) is 28.3 Å². The Labute approximate surface area is 325 Å². The molecule has 0 spiro atoms. The van der Waals surface area contributed by atoms with Crippen LogP contribution in [0.2, 0.25) is 0 Å². The molecule has 11 rings (SSSR count). The first-order valence-electron chi connectivity index (χ1n) is 19.3. The Hall–Kier alpha value is -7.42. The van der Waals surface area contributed by atoms with Gasteiger partial charge < -0.3 is 9.47 Å². The van der Waals surface area contributed by atoms with Gasteiger partial charge in [0.1, 0.15) is 0 Å². The van der Waals surface area contributed by atoms with Gasteiger partial charge in [0.2, 0.25) is 0 Å². The first-order chi connectivity index (χ1) is 27.8. The van der Waals surface area contributed by atoms with Gasteiger partial charge in [-0.3, -0.25) is 0 Å². The molecular formula is C54H36N2. The standard InChI is InChI=1S/C54H36N2/c1-2-16-37(17-3-1)43-21-8-12-26-49(43)55(53-36-40-19-5-6-20-42(40)48-35-32-38-18-4-7-23-45(38)54(48)53)41-33-30-39(31-34-41)44-22-9-13-27-50(44)56-51-28-14-10-24-46(51)47-25-11-15-29-52(47)56/h1-36H. The maximum Gasteiger partial charge on any atom is 0.0552 e. The summed E-state index contributed by atoms with van der Waals surface area (Å²) in [5.41, 5.74) is 11.6. The average Bonchev–Trinajstić information content (AvgIpc) is 3.61. The molecule has 1 heterocycles. The van der Waals surface area contributed by atoms with E-state index in [0.29, 0.717) is 0 Å². The minimum absolute atomic E-state index is 1.09. The molecule has 1 aromatic heterocycles. The molecule has 2 nitrogen and oxygen atoms in total. The Bertz CT molecular complexity index is 3190. The second-order valence-electron chi connectivity index (χ2n) is 14.5. The number of benzene rings is 10. The third kappa shape index (κ3) is 5.11. The van der Waals surface area contributed by atoms with Crippen LogP contribution >= 0.6 is 0 Å². The van der Waals surface area contributed by atoms with E-state index >= 15 is 0 Å². The van der Waals surface area contributed by atoms with E-state index in [1.165, 1.54) is 70.8 Å². The zero-order valence-corrected chi connectivity index (χ0v) is 30.7. The van der Waals surface area contributed by atoms with Crippen molar-refractivity contribution in [1.82, 2.24) is 4.57 Å². The fraction of sp³-hybridized carbons (Fsp3) is 0. The normalized spacial score (nSPS) is 11.6. The van der Waals surface area contributed by atoms with E-state index in [9.17, 15) is 0 Å². The van der Waals surface area contributed by atoms with Crippen LogP contribution in [0.1, 0.15) is 0 Å². The van der Waals surface area contributed by atoms with Crippen molar-refractivity contribution in [3.63, 3.8) is 0 Å². The molecule has 0 aliphatic carbocycles. The smallest absolute Gasteiger partial charge is 0.0552 e. The topological polar surface area (TPSA) is 8.17 Å². The summed E-state index contributed by atoms with van der Waals surface area (Å²) in [6.07, 6.45) is 0. The lowest BCUT2D eigenvalue weighted by molar-refractivity contribution is 1.18. The van der Waals surface area contributed by atoms with Crippen LogP contribution in [0.4, 0.5) is 17.1 Å². The van der Waals surface area contributed by atoms with E-state index in [1.54, 1.807) is 0 Å². The summed E-state index contributed by atoms with van der Waals surface area (Å²) in [7, 11) is 0. The summed E-state index contributed by atoms with van der Waals surface area (Å²) in [4.78, 5) is 2.48. The van der Waals surface area contributed by atoms with Crippen molar-refractivity contribution in [2.75, 3.05) is 4.90 Å². The fourth-order valence-corrected chi connectivity index (χ4v) is 8.86. The van der Waals surface area contributed by atoms with Gasteiger partial charge in [0, 0.05) is 33.0 Å². The second kappa shape index (κ2) is 13.2. The fourth-order valence-electron chi connectivity index (χ4n) is 8.86. The predicted octanol–water partition coefficient (Wildman–Crippen LogP) is 15.0. The van der Waals surface area contributed by atoms with Crippen LogP contribution in [0.25, 0.3) is 82.1 Å². The number of anilines is 3. The Kier molecular flexibility index (Phi) is 7.53. The minimum Gasteiger partial charge on any atom is -0.309 e. The largest absolute Gasteiger partial charge is 0.309 e. The summed E-state index contributed by atoms with van der Waals surface area (Å²) in [6.45, 7) is 0. The molecule has 0 unspecified atom stereocenters. The summed E-state index contributed by atoms with van der Waals surface area (Å²) in [6, 6.07) is 79.5. The van der Waals surface area contributed by atoms with Crippen LogP contribution in [0, 0.1) is 0 Å². The zero-order chi connectivity index (χ0) is 37.0. The van der Waals surface area contributed by atoms with E-state index in [4.69, 9.17) is 0 Å². The van der Waals surface area contributed by atoms with Crippen molar-refractivity contribution >= 4 is 71.2 Å². The van der Waals surface area contributed by atoms with Crippen molar-refractivity contribution in [3.05, 3.63) is 218 Å². The lowest BCUT2D eigenvalue weighted by Crippen LogP contribution is -2.12. The van der Waals surface area contributed by atoms with Gasteiger partial charge in [-0.05, 0) is 80.5 Å². The molecule has 0 fully saturated rings. The van der Waals surface area contributed by atoms with Crippen LogP contribution in [-0.2, 0) is 0 Å². The summed E-state index contributed by atoms with van der Waals surface area (Å²) in [5, 5.41) is 9.94. The molecule has 0 atom stereocenters. The van der Waals surface area contributed by atoms with Crippen molar-refractivity contribution in [1.29, 1.82) is 0 Å². The molecule has 0 bridgehead atoms. The predicted molar refractivity (Wildman–Crippen MR) is 239 cm³/mol. The molecule has 0 saturated carbocycles. The van der Waals surface area contributed by atoms with Crippen LogP contribution in [0.5, 0.6) is 0 Å². The maximum absolute atomic E-state index is 2.48. The molecule has 0 saturated heterocycles. The molecule has 2 heteroatoms. The van der Waals surface area contributed by atoms with E-state index in [2.05, 4.69) is 228 Å². The SMILES string of the molecule is c1ccc(-c2ccccc2N(c2ccc(-c3ccccc3-n3c4ccccc4c4ccccc43)cc2)c2cc3ccccc3c3ccc4ccccc4c23)cc1. The monoisotopic (exact) mass is 712 g/mol. The van der Waals surface area contributed by atoms with Gasteiger partial charge in [-0.1, -0.05) is 176 Å². The Morgan fingerprint density at radius 2 is 0.875 bits per heavy atom. The highest BCUT2D eigenvalue weighted by atomic mass is 15.1. The number of hydrogen-bond acceptors (Lipinski definition) is 1. The molecule has 0 amide bonds. The summed E-state index contributed by atoms with van der Waals surface area (Å²) < 4.78 is 2.42. The van der Waals surface area contributed by atoms with Crippen molar-refractivity contribution in [3.8, 4) is 27.9 Å². The highest BCUT2D eigenvalue weighted by Gasteiger charge is 2.22. The average molecular weight is 713 g/mol.